The van der Waals surface area contributed by atoms with Crippen molar-refractivity contribution in [2.24, 2.45) is 0 Å². The van der Waals surface area contributed by atoms with E-state index >= 15 is 0 Å². The molecule has 0 saturated carbocycles. The van der Waals surface area contributed by atoms with Gasteiger partial charge in [0.05, 0.1) is 12.3 Å². The number of benzene rings is 1. The number of nitrogens with one attached hydrogen (secondary N) is 2. The number of ether oxygens (including phenoxy) is 1. The Labute approximate surface area is 142 Å². The van der Waals surface area contributed by atoms with Crippen LogP contribution in [-0.2, 0) is 0 Å². The van der Waals surface area contributed by atoms with E-state index < -0.39 is 0 Å². The molecule has 0 atom stereocenters. The van der Waals surface area contributed by atoms with Crippen LogP contribution in [0.4, 0.5) is 10.5 Å². The molecule has 0 saturated heterocycles. The standard InChI is InChI=1S/C13H21N3O2.C3H8.C2H6/c1-14-13(17)15-11-7-4-5-8-12(11)18-10-6-9-16(2)3;1-3-2;1-2/h4-5,7-8H,6,9-10H2,1-3H3,(H2,14,15,17);3H2,1-2H3;1-2H3. The van der Waals surface area contributed by atoms with Gasteiger partial charge in [0.2, 0.25) is 0 Å². The van der Waals surface area contributed by atoms with Crippen molar-refractivity contribution in [3.63, 3.8) is 0 Å². The Bertz CT molecular complexity index is 396. The summed E-state index contributed by atoms with van der Waals surface area (Å²) in [7, 11) is 5.64. The molecule has 2 N–H and O–H groups in total. The largest absolute Gasteiger partial charge is 0.491 e. The van der Waals surface area contributed by atoms with Gasteiger partial charge in [0.25, 0.3) is 0 Å². The van der Waals surface area contributed by atoms with Gasteiger partial charge in [0, 0.05) is 13.6 Å². The van der Waals surface area contributed by atoms with Crippen LogP contribution >= 0.6 is 0 Å². The highest BCUT2D eigenvalue weighted by molar-refractivity contribution is 5.90. The van der Waals surface area contributed by atoms with Crippen LogP contribution in [0.15, 0.2) is 24.3 Å². The van der Waals surface area contributed by atoms with Crippen molar-refractivity contribution in [1.29, 1.82) is 0 Å². The summed E-state index contributed by atoms with van der Waals surface area (Å²) in [5.41, 5.74) is 0.682. The molecule has 0 aliphatic rings. The van der Waals surface area contributed by atoms with E-state index in [-0.39, 0.29) is 6.03 Å². The Kier molecular flexibility index (Phi) is 17.0. The van der Waals surface area contributed by atoms with E-state index in [4.69, 9.17) is 4.74 Å². The first-order chi connectivity index (χ1) is 11.0. The molecular formula is C18H35N3O2. The topological polar surface area (TPSA) is 53.6 Å². The van der Waals surface area contributed by atoms with Gasteiger partial charge in [-0.05, 0) is 32.6 Å². The maximum atomic E-state index is 11.3. The monoisotopic (exact) mass is 325 g/mol. The molecule has 0 aromatic heterocycles. The van der Waals surface area contributed by atoms with Gasteiger partial charge in [-0.25, -0.2) is 4.79 Å². The quantitative estimate of drug-likeness (QED) is 0.770. The number of anilines is 1. The number of para-hydroxylation sites is 2. The summed E-state index contributed by atoms with van der Waals surface area (Å²) >= 11 is 0. The van der Waals surface area contributed by atoms with Gasteiger partial charge in [0.15, 0.2) is 0 Å². The zero-order valence-electron chi connectivity index (χ0n) is 15.9. The summed E-state index contributed by atoms with van der Waals surface area (Å²) in [4.78, 5) is 13.4. The van der Waals surface area contributed by atoms with Crippen LogP contribution in [0.25, 0.3) is 0 Å². The number of rotatable bonds is 6. The van der Waals surface area contributed by atoms with E-state index in [0.29, 0.717) is 18.0 Å². The van der Waals surface area contributed by atoms with Gasteiger partial charge < -0.3 is 20.3 Å². The van der Waals surface area contributed by atoms with Crippen molar-refractivity contribution in [1.82, 2.24) is 10.2 Å². The molecule has 1 rings (SSSR count). The van der Waals surface area contributed by atoms with Crippen molar-refractivity contribution < 1.29 is 9.53 Å². The van der Waals surface area contributed by atoms with Crippen LogP contribution in [0.1, 0.15) is 40.5 Å². The molecule has 2 amide bonds. The average Bonchev–Trinajstić information content (AvgIpc) is 2.55. The van der Waals surface area contributed by atoms with E-state index in [1.807, 2.05) is 52.2 Å². The smallest absolute Gasteiger partial charge is 0.319 e. The summed E-state index contributed by atoms with van der Waals surface area (Å²) < 4.78 is 5.66. The summed E-state index contributed by atoms with van der Waals surface area (Å²) in [6.45, 7) is 9.86. The molecule has 0 aliphatic carbocycles. The van der Waals surface area contributed by atoms with Gasteiger partial charge in [-0.3, -0.25) is 0 Å². The number of nitrogens with zero attached hydrogens (tertiary/aromatic N) is 1. The van der Waals surface area contributed by atoms with Gasteiger partial charge in [0.1, 0.15) is 5.75 Å². The second-order valence-corrected chi connectivity index (χ2v) is 4.91. The van der Waals surface area contributed by atoms with E-state index in [1.54, 1.807) is 7.05 Å². The second-order valence-electron chi connectivity index (χ2n) is 4.91. The molecule has 0 bridgehead atoms. The normalized spacial score (nSPS) is 9.04. The van der Waals surface area contributed by atoms with E-state index in [2.05, 4.69) is 29.4 Å². The molecule has 134 valence electrons. The predicted octanol–water partition coefficient (Wildman–Crippen LogP) is 4.21. The molecule has 1 aromatic carbocycles. The molecule has 5 nitrogen and oxygen atoms in total. The van der Waals surface area contributed by atoms with Crippen LogP contribution in [-0.4, -0.2) is 45.2 Å². The molecule has 5 heteroatoms. The van der Waals surface area contributed by atoms with Crippen molar-refractivity contribution in [2.45, 2.75) is 40.5 Å². The molecule has 0 fully saturated rings. The number of hydrogen-bond donors (Lipinski definition) is 2. The molecule has 0 unspecified atom stereocenters. The fraction of sp³-hybridized carbons (Fsp3) is 0.611. The molecule has 0 heterocycles. The van der Waals surface area contributed by atoms with Crippen LogP contribution in [0.5, 0.6) is 5.75 Å². The van der Waals surface area contributed by atoms with Crippen molar-refractivity contribution in [3.05, 3.63) is 24.3 Å². The van der Waals surface area contributed by atoms with E-state index in [0.717, 1.165) is 13.0 Å². The molecule has 0 radical (unpaired) electrons. The Morgan fingerprint density at radius 3 is 2.26 bits per heavy atom. The third kappa shape index (κ3) is 13.6. The van der Waals surface area contributed by atoms with Crippen molar-refractivity contribution in [3.8, 4) is 5.75 Å². The van der Waals surface area contributed by atoms with Crippen molar-refractivity contribution >= 4 is 11.7 Å². The zero-order valence-corrected chi connectivity index (χ0v) is 15.9. The lowest BCUT2D eigenvalue weighted by atomic mass is 10.3. The van der Waals surface area contributed by atoms with Crippen LogP contribution in [0.2, 0.25) is 0 Å². The Balaban J connectivity index is 0. The molecule has 0 spiro atoms. The third-order valence-corrected chi connectivity index (χ3v) is 2.37. The molecule has 0 aliphatic heterocycles. The van der Waals surface area contributed by atoms with E-state index in [9.17, 15) is 4.79 Å². The minimum atomic E-state index is -0.251. The first kappa shape index (κ1) is 23.5. The number of carbonyl (C=O) groups excluding carboxylic acids is 1. The van der Waals surface area contributed by atoms with Gasteiger partial charge in [-0.1, -0.05) is 46.2 Å². The number of urea groups is 1. The van der Waals surface area contributed by atoms with Crippen molar-refractivity contribution in [2.75, 3.05) is 39.6 Å². The first-order valence-electron chi connectivity index (χ1n) is 8.40. The summed E-state index contributed by atoms with van der Waals surface area (Å²) in [5.74, 6) is 0.694. The third-order valence-electron chi connectivity index (χ3n) is 2.37. The van der Waals surface area contributed by atoms with Gasteiger partial charge in [-0.2, -0.15) is 0 Å². The maximum absolute atomic E-state index is 11.3. The van der Waals surface area contributed by atoms with E-state index in [1.165, 1.54) is 6.42 Å². The SMILES string of the molecule is CC.CCC.CNC(=O)Nc1ccccc1OCCCN(C)C. The van der Waals surface area contributed by atoms with Crippen LogP contribution in [0.3, 0.4) is 0 Å². The number of amides is 2. The minimum absolute atomic E-state index is 0.251. The summed E-state index contributed by atoms with van der Waals surface area (Å²) in [6.07, 6.45) is 2.20. The fourth-order valence-corrected chi connectivity index (χ4v) is 1.44. The zero-order chi connectivity index (χ0) is 18.1. The lowest BCUT2D eigenvalue weighted by Gasteiger charge is -2.13. The summed E-state index contributed by atoms with van der Waals surface area (Å²) in [5, 5.41) is 5.24. The van der Waals surface area contributed by atoms with Gasteiger partial charge >= 0.3 is 6.03 Å². The Morgan fingerprint density at radius 2 is 1.74 bits per heavy atom. The minimum Gasteiger partial charge on any atom is -0.491 e. The second kappa shape index (κ2) is 16.6. The molecular weight excluding hydrogens is 290 g/mol. The fourth-order valence-electron chi connectivity index (χ4n) is 1.44. The molecule has 23 heavy (non-hydrogen) atoms. The molecule has 1 aromatic rings. The first-order valence-corrected chi connectivity index (χ1v) is 8.40. The highest BCUT2D eigenvalue weighted by Gasteiger charge is 2.05. The maximum Gasteiger partial charge on any atom is 0.319 e. The Morgan fingerprint density at radius 1 is 1.17 bits per heavy atom. The highest BCUT2D eigenvalue weighted by Crippen LogP contribution is 2.23. The summed E-state index contributed by atoms with van der Waals surface area (Å²) in [6, 6.07) is 7.16. The average molecular weight is 325 g/mol. The van der Waals surface area contributed by atoms with Gasteiger partial charge in [-0.15, -0.1) is 0 Å². The lowest BCUT2D eigenvalue weighted by molar-refractivity contribution is 0.253. The predicted molar refractivity (Wildman–Crippen MR) is 100 cm³/mol. The lowest BCUT2D eigenvalue weighted by Crippen LogP contribution is -2.24. The Hall–Kier alpha value is -1.75. The number of carbonyl (C=O) groups is 1. The number of hydrogen-bond acceptors (Lipinski definition) is 3. The highest BCUT2D eigenvalue weighted by atomic mass is 16.5. The van der Waals surface area contributed by atoms with Crippen LogP contribution < -0.4 is 15.4 Å². The van der Waals surface area contributed by atoms with Crippen LogP contribution in [0, 0.1) is 0 Å².